The zero-order valence-electron chi connectivity index (χ0n) is 9.97. The summed E-state index contributed by atoms with van der Waals surface area (Å²) in [7, 11) is 0. The van der Waals surface area contributed by atoms with Gasteiger partial charge in [0.15, 0.2) is 5.70 Å². The lowest BCUT2D eigenvalue weighted by Crippen LogP contribution is -2.01. The second-order valence-electron chi connectivity index (χ2n) is 3.61. The molecular weight excluding hydrogens is 242 g/mol. The van der Waals surface area contributed by atoms with Crippen LogP contribution in [0.25, 0.3) is 0 Å². The van der Waals surface area contributed by atoms with Crippen molar-refractivity contribution in [3.63, 3.8) is 0 Å². The minimum Gasteiger partial charge on any atom is -0.513 e. The first-order valence-corrected chi connectivity index (χ1v) is 5.57. The highest BCUT2D eigenvalue weighted by Crippen LogP contribution is 2.14. The summed E-state index contributed by atoms with van der Waals surface area (Å²) < 4.78 is 0. The lowest BCUT2D eigenvalue weighted by molar-refractivity contribution is 0.102. The second kappa shape index (κ2) is 6.20. The Balaban J connectivity index is 2.18. The molecule has 2 rings (SSSR count). The van der Waals surface area contributed by atoms with Gasteiger partial charge < -0.3 is 5.11 Å². The predicted octanol–water partition coefficient (Wildman–Crippen LogP) is 3.45. The van der Waals surface area contributed by atoms with Crippen LogP contribution in [-0.4, -0.2) is 15.9 Å². The van der Waals surface area contributed by atoms with Crippen LogP contribution in [0.5, 0.6) is 0 Å². The van der Waals surface area contributed by atoms with E-state index in [1.54, 1.807) is 36.4 Å². The first-order chi connectivity index (χ1) is 9.31. The van der Waals surface area contributed by atoms with Gasteiger partial charge in [0.25, 0.3) is 0 Å². The maximum Gasteiger partial charge on any atom is 0.216 e. The van der Waals surface area contributed by atoms with Crippen LogP contribution < -0.4 is 0 Å². The molecule has 1 aromatic carbocycles. The summed E-state index contributed by atoms with van der Waals surface area (Å²) in [6.07, 6.45) is 3.64. The summed E-state index contributed by atoms with van der Waals surface area (Å²) in [5, 5.41) is 16.7. The van der Waals surface area contributed by atoms with Gasteiger partial charge >= 0.3 is 0 Å². The van der Waals surface area contributed by atoms with Gasteiger partial charge in [0, 0.05) is 18.0 Å². The summed E-state index contributed by atoms with van der Waals surface area (Å²) in [6.45, 7) is 0. The number of hydrogen-bond donors (Lipinski definition) is 1. The fourth-order valence-electron chi connectivity index (χ4n) is 1.39. The molecule has 0 bridgehead atoms. The van der Waals surface area contributed by atoms with Crippen molar-refractivity contribution in [2.75, 3.05) is 0 Å². The number of aliphatic hydroxyl groups excluding tert-OH is 1. The van der Waals surface area contributed by atoms with E-state index in [4.69, 9.17) is 5.11 Å². The fourth-order valence-corrected chi connectivity index (χ4v) is 1.39. The summed E-state index contributed by atoms with van der Waals surface area (Å²) in [6, 6.07) is 12.0. The average molecular weight is 253 g/mol. The highest BCUT2D eigenvalue weighted by molar-refractivity contribution is 6.08. The summed E-state index contributed by atoms with van der Waals surface area (Å²) >= 11 is 0. The zero-order valence-corrected chi connectivity index (χ0v) is 9.97. The van der Waals surface area contributed by atoms with Crippen LogP contribution in [-0.2, 0) is 0 Å². The summed E-state index contributed by atoms with van der Waals surface area (Å²) in [5.74, 6) is -0.412. The molecule has 0 amide bonds. The lowest BCUT2D eigenvalue weighted by atomic mass is 10.1. The topological polar surface area (TPSA) is 74.9 Å². The maximum absolute atomic E-state index is 12.0. The van der Waals surface area contributed by atoms with Crippen LogP contribution in [0.4, 0.5) is 5.69 Å². The Hall–Kier alpha value is -2.82. The van der Waals surface area contributed by atoms with Gasteiger partial charge in [-0.1, -0.05) is 18.2 Å². The lowest BCUT2D eigenvalue weighted by Gasteiger charge is -1.98. The number of aliphatic hydroxyl groups is 1. The first kappa shape index (κ1) is 12.6. The van der Waals surface area contributed by atoms with Crippen LogP contribution in [0.1, 0.15) is 10.4 Å². The number of Topliss-reactive ketones (excluding diaryl/α,β-unsaturated/α-hetero) is 1. The minimum absolute atomic E-state index is 0.130. The number of benzene rings is 1. The molecule has 2 aromatic rings. The Labute approximate surface area is 110 Å². The molecule has 94 valence electrons. The largest absolute Gasteiger partial charge is 0.513 e. The van der Waals surface area contributed by atoms with E-state index in [0.717, 1.165) is 0 Å². The molecule has 0 spiro atoms. The molecule has 1 aromatic heterocycles. The van der Waals surface area contributed by atoms with E-state index in [-0.39, 0.29) is 5.70 Å². The molecule has 0 saturated carbocycles. The van der Waals surface area contributed by atoms with E-state index < -0.39 is 5.78 Å². The first-order valence-electron chi connectivity index (χ1n) is 5.57. The van der Waals surface area contributed by atoms with E-state index in [1.165, 1.54) is 12.4 Å². The number of ketones is 1. The van der Waals surface area contributed by atoms with Gasteiger partial charge in [-0.2, -0.15) is 5.11 Å². The van der Waals surface area contributed by atoms with Crippen molar-refractivity contribution in [2.45, 2.75) is 0 Å². The van der Waals surface area contributed by atoms with Gasteiger partial charge in [0.1, 0.15) is 6.26 Å². The number of nitrogens with zero attached hydrogens (tertiary/aromatic N) is 3. The van der Waals surface area contributed by atoms with Gasteiger partial charge in [-0.3, -0.25) is 9.78 Å². The Morgan fingerprint density at radius 1 is 1.11 bits per heavy atom. The molecule has 0 radical (unpaired) electrons. The maximum atomic E-state index is 12.0. The molecule has 5 heteroatoms. The van der Waals surface area contributed by atoms with E-state index >= 15 is 0 Å². The Kier molecular flexibility index (Phi) is 4.12. The van der Waals surface area contributed by atoms with Crippen molar-refractivity contribution < 1.29 is 9.90 Å². The van der Waals surface area contributed by atoms with E-state index in [1.807, 2.05) is 6.07 Å². The van der Waals surface area contributed by atoms with E-state index in [2.05, 4.69) is 15.2 Å². The van der Waals surface area contributed by atoms with Crippen LogP contribution in [0.2, 0.25) is 0 Å². The number of hydrogen-bond acceptors (Lipinski definition) is 5. The van der Waals surface area contributed by atoms with Gasteiger partial charge in [0.2, 0.25) is 5.78 Å². The average Bonchev–Trinajstić information content (AvgIpc) is 2.49. The van der Waals surface area contributed by atoms with Crippen molar-refractivity contribution in [3.8, 4) is 0 Å². The monoisotopic (exact) mass is 253 g/mol. The van der Waals surface area contributed by atoms with E-state index in [0.29, 0.717) is 17.5 Å². The number of azo groups is 1. The smallest absolute Gasteiger partial charge is 0.216 e. The molecule has 0 aliphatic carbocycles. The van der Waals surface area contributed by atoms with Crippen molar-refractivity contribution in [3.05, 3.63) is 72.4 Å². The molecule has 1 heterocycles. The molecule has 0 aliphatic heterocycles. The Bertz CT molecular complexity index is 607. The van der Waals surface area contributed by atoms with E-state index in [9.17, 15) is 4.79 Å². The van der Waals surface area contributed by atoms with Crippen molar-refractivity contribution in [2.24, 2.45) is 10.2 Å². The third kappa shape index (κ3) is 3.32. The highest BCUT2D eigenvalue weighted by Gasteiger charge is 2.11. The second-order valence-corrected chi connectivity index (χ2v) is 3.61. The van der Waals surface area contributed by atoms with Crippen molar-refractivity contribution in [1.29, 1.82) is 0 Å². The number of aromatic nitrogens is 1. The molecule has 0 unspecified atom stereocenters. The van der Waals surface area contributed by atoms with Crippen LogP contribution in [0.3, 0.4) is 0 Å². The SMILES string of the molecule is O=C(C(=CO)N=Nc1ccccc1)c1ccncc1. The molecule has 5 nitrogen and oxygen atoms in total. The number of carbonyl (C=O) groups excluding carboxylic acids is 1. The van der Waals surface area contributed by atoms with Gasteiger partial charge in [0.05, 0.1) is 5.69 Å². The standard InChI is InChI=1S/C14H11N3O2/c18-10-13(14(19)11-6-8-15-9-7-11)17-16-12-4-2-1-3-5-12/h1-10,18H. The third-order valence-corrected chi connectivity index (χ3v) is 2.33. The van der Waals surface area contributed by atoms with Gasteiger partial charge in [-0.25, -0.2) is 0 Å². The molecule has 0 atom stereocenters. The number of rotatable bonds is 4. The summed E-state index contributed by atoms with van der Waals surface area (Å²) in [5.41, 5.74) is 0.863. The molecule has 0 aliphatic rings. The molecule has 0 fully saturated rings. The Morgan fingerprint density at radius 2 is 1.79 bits per heavy atom. The van der Waals surface area contributed by atoms with Gasteiger partial charge in [-0.15, -0.1) is 5.11 Å². The molecule has 19 heavy (non-hydrogen) atoms. The molecule has 1 N–H and O–H groups in total. The summed E-state index contributed by atoms with van der Waals surface area (Å²) in [4.78, 5) is 15.8. The predicted molar refractivity (Wildman–Crippen MR) is 70.2 cm³/mol. The fraction of sp³-hybridized carbons (Fsp3) is 0. The van der Waals surface area contributed by atoms with Gasteiger partial charge in [-0.05, 0) is 24.3 Å². The normalized spacial score (nSPS) is 11.7. The minimum atomic E-state index is -0.412. The number of allylic oxidation sites excluding steroid dienone is 1. The molecular formula is C14H11N3O2. The van der Waals surface area contributed by atoms with Crippen LogP contribution >= 0.6 is 0 Å². The van der Waals surface area contributed by atoms with Crippen molar-refractivity contribution in [1.82, 2.24) is 4.98 Å². The quantitative estimate of drug-likeness (QED) is 0.392. The van der Waals surface area contributed by atoms with Crippen LogP contribution in [0.15, 0.2) is 77.0 Å². The molecule has 0 saturated heterocycles. The zero-order chi connectivity index (χ0) is 13.5. The highest BCUT2D eigenvalue weighted by atomic mass is 16.2. The van der Waals surface area contributed by atoms with Crippen molar-refractivity contribution >= 4 is 11.5 Å². The van der Waals surface area contributed by atoms with Crippen LogP contribution in [0, 0.1) is 0 Å². The number of carbonyl (C=O) groups is 1. The number of pyridine rings is 1. The third-order valence-electron chi connectivity index (χ3n) is 2.33. The Morgan fingerprint density at radius 3 is 2.42 bits per heavy atom.